The van der Waals surface area contributed by atoms with Gasteiger partial charge in [-0.1, -0.05) is 55.4 Å². The Hall–Kier alpha value is -1.07. The summed E-state index contributed by atoms with van der Waals surface area (Å²) < 4.78 is 52.7. The molecule has 3 aliphatic heterocycles. The van der Waals surface area contributed by atoms with Crippen LogP contribution in [0.15, 0.2) is 5.16 Å². The first kappa shape index (κ1) is 58.2. The Kier molecular flexibility index (Phi) is 19.6. The average molecular weight is 963 g/mol. The van der Waals surface area contributed by atoms with Crippen molar-refractivity contribution in [1.29, 1.82) is 0 Å². The summed E-state index contributed by atoms with van der Waals surface area (Å²) in [5.41, 5.74) is -4.23. The van der Waals surface area contributed by atoms with E-state index in [0.717, 1.165) is 0 Å². The van der Waals surface area contributed by atoms with Crippen LogP contribution in [0.3, 0.4) is 0 Å². The van der Waals surface area contributed by atoms with E-state index in [-0.39, 0.29) is 42.4 Å². The van der Waals surface area contributed by atoms with Gasteiger partial charge in [0.25, 0.3) is 8.32 Å². The first-order valence-corrected chi connectivity index (χ1v) is 30.6. The van der Waals surface area contributed by atoms with Crippen molar-refractivity contribution in [3.63, 3.8) is 0 Å². The van der Waals surface area contributed by atoms with Gasteiger partial charge in [0.2, 0.25) is 0 Å². The number of rotatable bonds is 13. The molecule has 0 aliphatic carbocycles. The van der Waals surface area contributed by atoms with Gasteiger partial charge in [-0.25, -0.2) is 0 Å². The Morgan fingerprint density at radius 3 is 1.98 bits per heavy atom. The second-order valence-corrected chi connectivity index (χ2v) is 32.2. The van der Waals surface area contributed by atoms with Gasteiger partial charge in [0, 0.05) is 37.3 Å². The second kappa shape index (κ2) is 21.9. The first-order valence-electron chi connectivity index (χ1n) is 24.3. The molecule has 3 aliphatic rings. The van der Waals surface area contributed by atoms with Crippen molar-refractivity contribution in [3.8, 4) is 0 Å². The number of aliphatic hydroxyl groups is 4. The van der Waals surface area contributed by atoms with Crippen molar-refractivity contribution in [1.82, 2.24) is 4.90 Å². The number of likely N-dealkylation sites (N-methyl/N-ethyl adjacent to an activating group) is 1. The summed E-state index contributed by atoms with van der Waals surface area (Å²) in [7, 11) is 0.756. The average Bonchev–Trinajstić information content (AvgIpc) is 3.18. The molecule has 3 heterocycles. The van der Waals surface area contributed by atoms with Gasteiger partial charge in [-0.2, -0.15) is 0 Å². The third-order valence-electron chi connectivity index (χ3n) is 15.7. The minimum Gasteiger partial charge on any atom is -0.459 e. The lowest BCUT2D eigenvalue weighted by molar-refractivity contribution is -0.316. The lowest BCUT2D eigenvalue weighted by Gasteiger charge is -2.50. The van der Waals surface area contributed by atoms with Gasteiger partial charge >= 0.3 is 5.97 Å². The number of aliphatic hydroxyl groups excluding tert-OH is 2. The van der Waals surface area contributed by atoms with Gasteiger partial charge in [-0.15, -0.1) is 5.16 Å². The maximum absolute atomic E-state index is 14.6. The number of hydrogen-bond acceptors (Lipinski definition) is 15. The molecular weight excluding hydrogens is 869 g/mol. The first-order chi connectivity index (χ1) is 29.5. The van der Waals surface area contributed by atoms with Crippen molar-refractivity contribution in [2.24, 2.45) is 34.7 Å². The summed E-state index contributed by atoms with van der Waals surface area (Å²) in [4.78, 5) is 16.8. The zero-order valence-electron chi connectivity index (χ0n) is 44.4. The van der Waals surface area contributed by atoms with Crippen molar-refractivity contribution in [2.45, 2.75) is 245 Å². The summed E-state index contributed by atoms with van der Waals surface area (Å²) in [6.07, 6.45) is -7.95. The zero-order chi connectivity index (χ0) is 50.2. The Morgan fingerprint density at radius 2 is 1.48 bits per heavy atom. The van der Waals surface area contributed by atoms with E-state index in [2.05, 4.69) is 65.3 Å². The van der Waals surface area contributed by atoms with Gasteiger partial charge in [0.1, 0.15) is 23.9 Å². The topological polar surface area (TPSA) is 187 Å². The number of nitrogens with zero attached hydrogens (tertiary/aromatic N) is 2. The molecule has 0 saturated carbocycles. The van der Waals surface area contributed by atoms with Crippen LogP contribution in [0.2, 0.25) is 37.8 Å². The van der Waals surface area contributed by atoms with E-state index in [9.17, 15) is 25.2 Å². The van der Waals surface area contributed by atoms with E-state index in [0.29, 0.717) is 12.1 Å². The van der Waals surface area contributed by atoms with Crippen LogP contribution in [0.4, 0.5) is 0 Å². The molecule has 0 bridgehead atoms. The van der Waals surface area contributed by atoms with E-state index in [1.54, 1.807) is 41.5 Å². The Labute approximate surface area is 395 Å². The van der Waals surface area contributed by atoms with Crippen LogP contribution in [-0.4, -0.2) is 159 Å². The lowest BCUT2D eigenvalue weighted by atomic mass is 9.73. The highest BCUT2D eigenvalue weighted by molar-refractivity contribution is 6.74. The zero-order valence-corrected chi connectivity index (χ0v) is 46.4. The summed E-state index contributed by atoms with van der Waals surface area (Å²) >= 11 is 0. The van der Waals surface area contributed by atoms with Crippen LogP contribution in [0.1, 0.15) is 123 Å². The van der Waals surface area contributed by atoms with Crippen LogP contribution < -0.4 is 0 Å². The van der Waals surface area contributed by atoms with Gasteiger partial charge in [0.15, 0.2) is 20.9 Å². The molecule has 0 radical (unpaired) electrons. The quantitative estimate of drug-likeness (QED) is 0.0833. The number of cyclic esters (lactones) is 1. The van der Waals surface area contributed by atoms with E-state index in [4.69, 9.17) is 42.5 Å². The Morgan fingerprint density at radius 1 is 0.892 bits per heavy atom. The fourth-order valence-corrected chi connectivity index (χ4v) is 13.1. The molecule has 382 valence electrons. The molecule has 0 aromatic carbocycles. The van der Waals surface area contributed by atoms with Crippen molar-refractivity contribution in [3.05, 3.63) is 0 Å². The molecule has 15 nitrogen and oxygen atoms in total. The normalized spacial score (nSPS) is 43.1. The molecule has 65 heavy (non-hydrogen) atoms. The maximum Gasteiger partial charge on any atom is 0.311 e. The number of esters is 1. The van der Waals surface area contributed by atoms with Crippen LogP contribution in [-0.2, 0) is 42.2 Å². The predicted molar refractivity (Wildman–Crippen MR) is 258 cm³/mol. The minimum absolute atomic E-state index is 0.0611. The summed E-state index contributed by atoms with van der Waals surface area (Å²) in [5, 5.41) is 53.6. The van der Waals surface area contributed by atoms with Crippen LogP contribution in [0.5, 0.6) is 0 Å². The highest BCUT2D eigenvalue weighted by Gasteiger charge is 2.54. The molecule has 18 atom stereocenters. The fourth-order valence-electron chi connectivity index (χ4n) is 10.1. The number of hydrogen-bond donors (Lipinski definition) is 4. The molecule has 0 aromatic heterocycles. The monoisotopic (exact) mass is 963 g/mol. The van der Waals surface area contributed by atoms with Crippen LogP contribution in [0, 0.1) is 29.6 Å². The Balaban J connectivity index is 2.37. The molecule has 0 aromatic rings. The Bertz CT molecular complexity index is 1570. The molecule has 3 fully saturated rings. The SMILES string of the molecule is CC[C@H]1OC(=O)[C@H](C)[C@@H](O[C@H]2C[C@@](C)(OC)[C@@H](O)[C@H](C)O2)[C@H](C)[C@@H](O[C@@H]2O[C@H](C)C[C@H](N(C)C)[C@H]2O[Si](C)(C)C)[C@](C)(O)C[C@@H](C)/C(=N\O[Si](C)(C)C(C)(C)C(C)C)[C@H](C)[C@@H](O)[C@]1(C)O. The number of oxime groups is 1. The number of ether oxygens (including phenoxy) is 6. The molecule has 0 unspecified atom stereocenters. The minimum atomic E-state index is -2.58. The number of methoxy groups -OCH3 is 1. The van der Waals surface area contributed by atoms with E-state index in [1.165, 1.54) is 14.0 Å². The molecule has 3 saturated heterocycles. The van der Waals surface area contributed by atoms with Crippen LogP contribution >= 0.6 is 0 Å². The number of carbonyl (C=O) groups excluding carboxylic acids is 1. The summed E-state index contributed by atoms with van der Waals surface area (Å²) in [5.74, 6) is -3.55. The van der Waals surface area contributed by atoms with Crippen molar-refractivity contribution >= 4 is 28.3 Å². The van der Waals surface area contributed by atoms with E-state index in [1.807, 2.05) is 34.9 Å². The van der Waals surface area contributed by atoms with Gasteiger partial charge < -0.3 is 62.7 Å². The second-order valence-electron chi connectivity index (χ2n) is 23.3. The van der Waals surface area contributed by atoms with Gasteiger partial charge in [-0.3, -0.25) is 4.79 Å². The maximum atomic E-state index is 14.6. The lowest BCUT2D eigenvalue weighted by Crippen LogP contribution is -2.62. The van der Waals surface area contributed by atoms with Crippen LogP contribution in [0.25, 0.3) is 0 Å². The molecular formula is C48H94N2O13Si2. The van der Waals surface area contributed by atoms with Gasteiger partial charge in [-0.05, 0) is 119 Å². The highest BCUT2D eigenvalue weighted by Crippen LogP contribution is 2.46. The van der Waals surface area contributed by atoms with Gasteiger partial charge in [0.05, 0.1) is 53.4 Å². The third kappa shape index (κ3) is 13.4. The van der Waals surface area contributed by atoms with E-state index >= 15 is 0 Å². The largest absolute Gasteiger partial charge is 0.459 e. The number of carbonyl (C=O) groups is 1. The molecule has 0 spiro atoms. The molecule has 17 heteroatoms. The summed E-state index contributed by atoms with van der Waals surface area (Å²) in [6, 6.07) is -0.0796. The van der Waals surface area contributed by atoms with Crippen molar-refractivity contribution in [2.75, 3.05) is 21.2 Å². The third-order valence-corrected chi connectivity index (χ3v) is 20.9. The van der Waals surface area contributed by atoms with Crippen molar-refractivity contribution < 1.29 is 62.6 Å². The molecule has 4 N–H and O–H groups in total. The fraction of sp³-hybridized carbons (Fsp3) is 0.958. The predicted octanol–water partition coefficient (Wildman–Crippen LogP) is 7.09. The molecule has 0 amide bonds. The standard InChI is InChI=1S/C48H94N2O13Si2/c1-23-35-48(14,55)40(51)30(6)37(49-63-65(21,22)45(10,11)27(2)3)28(4)25-46(12,54)42(61-44-39(62-64(18,19)20)34(50(15)16)24-29(5)57-44)31(7)38(32(8)43(53)59-35)60-36-26-47(13,56-17)41(52)33(9)58-36/h27-36,38-42,44,51-52,54-55H,23-26H2,1-22H3/b49-37+/t28-,29-,30+,31+,32-,33+,34+,35-,36+,38+,39-,40-,41+,42-,44+,46-,47-,48-/m1/s1. The van der Waals surface area contributed by atoms with E-state index < -0.39 is 118 Å². The molecule has 3 rings (SSSR count). The highest BCUT2D eigenvalue weighted by atomic mass is 28.4. The smallest absolute Gasteiger partial charge is 0.311 e. The summed E-state index contributed by atoms with van der Waals surface area (Å²) in [6.45, 7) is 37.1.